The van der Waals surface area contributed by atoms with Gasteiger partial charge in [0.2, 0.25) is 0 Å². The maximum Gasteiger partial charge on any atom is 0.152 e. The summed E-state index contributed by atoms with van der Waals surface area (Å²) in [7, 11) is 0. The summed E-state index contributed by atoms with van der Waals surface area (Å²) in [6.07, 6.45) is 8.34. The van der Waals surface area contributed by atoms with Gasteiger partial charge in [0.25, 0.3) is 0 Å². The Morgan fingerprint density at radius 3 is 2.27 bits per heavy atom. The summed E-state index contributed by atoms with van der Waals surface area (Å²) >= 11 is 0. The van der Waals surface area contributed by atoms with Crippen LogP contribution >= 0.6 is 0 Å². The minimum absolute atomic E-state index is 0.0185. The zero-order chi connectivity index (χ0) is 11.5. The lowest BCUT2D eigenvalue weighted by atomic mass is 10.1. The number of rotatable bonds is 4. The minimum Gasteiger partial charge on any atom is -0.303 e. The second kappa shape index (κ2) is 9.91. The van der Waals surface area contributed by atoms with Crippen LogP contribution in [0.3, 0.4) is 0 Å². The summed E-state index contributed by atoms with van der Waals surface area (Å²) in [5, 5.41) is 0. The van der Waals surface area contributed by atoms with Crippen molar-refractivity contribution in [1.82, 2.24) is 4.90 Å². The number of nitrogens with zero attached hydrogens (tertiary/aromatic N) is 1. The third-order valence-corrected chi connectivity index (χ3v) is 2.56. The molecule has 1 fully saturated rings. The van der Waals surface area contributed by atoms with Gasteiger partial charge >= 0.3 is 0 Å². The Morgan fingerprint density at radius 1 is 1.33 bits per heavy atom. The van der Waals surface area contributed by atoms with Gasteiger partial charge in [-0.1, -0.05) is 26.3 Å². The van der Waals surface area contributed by atoms with Crippen LogP contribution in [0.2, 0.25) is 0 Å². The predicted octanol–water partition coefficient (Wildman–Crippen LogP) is 3.03. The molecular formula is C13H25NO. The van der Waals surface area contributed by atoms with Gasteiger partial charge in [-0.25, -0.2) is 0 Å². The van der Waals surface area contributed by atoms with Crippen molar-refractivity contribution in [1.29, 1.82) is 0 Å². The van der Waals surface area contributed by atoms with Gasteiger partial charge in [-0.2, -0.15) is 0 Å². The molecule has 0 aromatic heterocycles. The molecule has 1 aliphatic heterocycles. The van der Waals surface area contributed by atoms with Gasteiger partial charge in [0.1, 0.15) is 0 Å². The Kier molecular flexibility index (Phi) is 9.49. The van der Waals surface area contributed by atoms with Gasteiger partial charge in [-0.05, 0) is 51.9 Å². The highest BCUT2D eigenvalue weighted by Crippen LogP contribution is 2.08. The molecule has 88 valence electrons. The van der Waals surface area contributed by atoms with Crippen LogP contribution in [0.1, 0.15) is 46.0 Å². The van der Waals surface area contributed by atoms with Gasteiger partial charge in [-0.3, -0.25) is 4.79 Å². The maximum atomic E-state index is 9.69. The quantitative estimate of drug-likeness (QED) is 0.666. The van der Waals surface area contributed by atoms with Crippen LogP contribution in [0.4, 0.5) is 0 Å². The molecule has 0 unspecified atom stereocenters. The topological polar surface area (TPSA) is 20.3 Å². The molecule has 0 saturated carbocycles. The molecular weight excluding hydrogens is 186 g/mol. The molecule has 0 atom stereocenters. The standard InChI is InChI=1S/C9H19N.C4H6O/c1-2-3-7-10-8-5-4-6-9-10;1-3-4(2)5/h2-9H2,1H3;3H,1H2,2H3. The zero-order valence-electron chi connectivity index (χ0n) is 10.3. The Labute approximate surface area is 94.4 Å². The molecule has 1 rings (SSSR count). The number of piperidine rings is 1. The molecule has 0 N–H and O–H groups in total. The van der Waals surface area contributed by atoms with Crippen molar-refractivity contribution in [2.24, 2.45) is 0 Å². The van der Waals surface area contributed by atoms with Gasteiger partial charge in [0.15, 0.2) is 5.78 Å². The summed E-state index contributed by atoms with van der Waals surface area (Å²) in [5.74, 6) is 0.0185. The number of allylic oxidation sites excluding steroid dienone is 1. The van der Waals surface area contributed by atoms with Crippen molar-refractivity contribution < 1.29 is 4.79 Å². The highest BCUT2D eigenvalue weighted by molar-refractivity contribution is 5.86. The van der Waals surface area contributed by atoms with Crippen molar-refractivity contribution in [2.75, 3.05) is 19.6 Å². The van der Waals surface area contributed by atoms with E-state index in [9.17, 15) is 4.79 Å². The normalized spacial score (nSPS) is 16.4. The Balaban J connectivity index is 0.000000336. The molecule has 0 amide bonds. The van der Waals surface area contributed by atoms with Gasteiger partial charge in [0.05, 0.1) is 0 Å². The van der Waals surface area contributed by atoms with E-state index in [2.05, 4.69) is 18.4 Å². The molecule has 0 aromatic carbocycles. The molecule has 0 aromatic rings. The van der Waals surface area contributed by atoms with E-state index >= 15 is 0 Å². The fourth-order valence-corrected chi connectivity index (χ4v) is 1.56. The molecule has 0 spiro atoms. The first-order chi connectivity index (χ1) is 7.20. The van der Waals surface area contributed by atoms with Gasteiger partial charge in [-0.15, -0.1) is 0 Å². The zero-order valence-corrected chi connectivity index (χ0v) is 10.3. The molecule has 1 aliphatic rings. The molecule has 2 nitrogen and oxygen atoms in total. The molecule has 2 heteroatoms. The third kappa shape index (κ3) is 9.67. The van der Waals surface area contributed by atoms with Crippen LogP contribution in [0.25, 0.3) is 0 Å². The molecule has 0 aliphatic carbocycles. The lowest BCUT2D eigenvalue weighted by Crippen LogP contribution is -2.30. The van der Waals surface area contributed by atoms with E-state index in [0.29, 0.717) is 0 Å². The first-order valence-corrected chi connectivity index (χ1v) is 6.06. The van der Waals surface area contributed by atoms with Crippen molar-refractivity contribution in [2.45, 2.75) is 46.0 Å². The van der Waals surface area contributed by atoms with Crippen LogP contribution in [-0.4, -0.2) is 30.3 Å². The lowest BCUT2D eigenvalue weighted by molar-refractivity contribution is -0.112. The monoisotopic (exact) mass is 211 g/mol. The smallest absolute Gasteiger partial charge is 0.152 e. The number of hydrogen-bond acceptors (Lipinski definition) is 2. The van der Waals surface area contributed by atoms with Crippen molar-refractivity contribution in [3.8, 4) is 0 Å². The third-order valence-electron chi connectivity index (χ3n) is 2.56. The molecule has 0 bridgehead atoms. The Bertz CT molecular complexity index is 171. The number of carbonyl (C=O) groups is 1. The molecule has 15 heavy (non-hydrogen) atoms. The highest BCUT2D eigenvalue weighted by atomic mass is 16.1. The Hall–Kier alpha value is -0.630. The van der Waals surface area contributed by atoms with Crippen molar-refractivity contribution >= 4 is 5.78 Å². The number of likely N-dealkylation sites (tertiary alicyclic amines) is 1. The Morgan fingerprint density at radius 2 is 1.87 bits per heavy atom. The summed E-state index contributed by atoms with van der Waals surface area (Å²) in [5.41, 5.74) is 0. The van der Waals surface area contributed by atoms with E-state index in [1.165, 1.54) is 64.7 Å². The van der Waals surface area contributed by atoms with Crippen LogP contribution in [0, 0.1) is 0 Å². The number of ketones is 1. The van der Waals surface area contributed by atoms with Crippen LogP contribution in [0.5, 0.6) is 0 Å². The van der Waals surface area contributed by atoms with Crippen molar-refractivity contribution in [3.63, 3.8) is 0 Å². The highest BCUT2D eigenvalue weighted by Gasteiger charge is 2.07. The fraction of sp³-hybridized carbons (Fsp3) is 0.769. The largest absolute Gasteiger partial charge is 0.303 e. The van der Waals surface area contributed by atoms with Crippen LogP contribution in [-0.2, 0) is 4.79 Å². The number of unbranched alkanes of at least 4 members (excludes halogenated alkanes) is 1. The molecule has 1 heterocycles. The number of hydrogen-bond donors (Lipinski definition) is 0. The lowest BCUT2D eigenvalue weighted by Gasteiger charge is -2.25. The summed E-state index contributed by atoms with van der Waals surface area (Å²) < 4.78 is 0. The summed E-state index contributed by atoms with van der Waals surface area (Å²) in [4.78, 5) is 12.3. The van der Waals surface area contributed by atoms with E-state index < -0.39 is 0 Å². The summed E-state index contributed by atoms with van der Waals surface area (Å²) in [6, 6.07) is 0. The van der Waals surface area contributed by atoms with E-state index in [0.717, 1.165) is 0 Å². The second-order valence-electron chi connectivity index (χ2n) is 4.07. The summed E-state index contributed by atoms with van der Waals surface area (Å²) in [6.45, 7) is 11.0. The second-order valence-corrected chi connectivity index (χ2v) is 4.07. The molecule has 1 saturated heterocycles. The average molecular weight is 211 g/mol. The minimum atomic E-state index is 0.0185. The first kappa shape index (κ1) is 14.4. The van der Waals surface area contributed by atoms with E-state index in [1.807, 2.05) is 0 Å². The predicted molar refractivity (Wildman–Crippen MR) is 66.1 cm³/mol. The fourth-order valence-electron chi connectivity index (χ4n) is 1.56. The molecule has 0 radical (unpaired) electrons. The van der Waals surface area contributed by atoms with Gasteiger partial charge in [0, 0.05) is 0 Å². The van der Waals surface area contributed by atoms with E-state index in [-0.39, 0.29) is 5.78 Å². The maximum absolute atomic E-state index is 9.69. The first-order valence-electron chi connectivity index (χ1n) is 6.06. The SMILES string of the molecule is C=CC(C)=O.CCCCN1CCCCC1. The van der Waals surface area contributed by atoms with Gasteiger partial charge < -0.3 is 4.90 Å². The van der Waals surface area contributed by atoms with E-state index in [4.69, 9.17) is 0 Å². The van der Waals surface area contributed by atoms with Crippen molar-refractivity contribution in [3.05, 3.63) is 12.7 Å². The average Bonchev–Trinajstić information content (AvgIpc) is 2.28. The van der Waals surface area contributed by atoms with E-state index in [1.54, 1.807) is 0 Å². The van der Waals surface area contributed by atoms with Crippen LogP contribution in [0.15, 0.2) is 12.7 Å². The van der Waals surface area contributed by atoms with Crippen LogP contribution < -0.4 is 0 Å². The number of carbonyl (C=O) groups excluding carboxylic acids is 1.